The van der Waals surface area contributed by atoms with E-state index in [-0.39, 0.29) is 6.42 Å². The number of tetrazole rings is 1. The zero-order valence-corrected chi connectivity index (χ0v) is 7.99. The van der Waals surface area contributed by atoms with Crippen molar-refractivity contribution in [2.75, 3.05) is 5.75 Å². The second-order valence-corrected chi connectivity index (χ2v) is 3.33. The number of thioether (sulfide) groups is 1. The van der Waals surface area contributed by atoms with Crippen molar-refractivity contribution in [2.24, 2.45) is 0 Å². The van der Waals surface area contributed by atoms with Crippen LogP contribution in [-0.2, 0) is 11.3 Å². The van der Waals surface area contributed by atoms with Gasteiger partial charge in [0.15, 0.2) is 0 Å². The first-order chi connectivity index (χ1) is 6.24. The Morgan fingerprint density at radius 1 is 1.69 bits per heavy atom. The molecule has 7 heteroatoms. The number of aryl methyl sites for hydroxylation is 1. The molecule has 1 N–H and O–H groups in total. The molecule has 1 aromatic heterocycles. The molecule has 1 rings (SSSR count). The van der Waals surface area contributed by atoms with Crippen LogP contribution in [0.5, 0.6) is 0 Å². The average Bonchev–Trinajstić information content (AvgIpc) is 2.51. The lowest BCUT2D eigenvalue weighted by molar-refractivity contribution is -0.136. The number of hydrogen-bond acceptors (Lipinski definition) is 5. The highest BCUT2D eigenvalue weighted by atomic mass is 32.2. The molecule has 0 spiro atoms. The van der Waals surface area contributed by atoms with Crippen LogP contribution in [0.4, 0.5) is 0 Å². The Morgan fingerprint density at radius 3 is 3.08 bits per heavy atom. The molecule has 0 fully saturated rings. The van der Waals surface area contributed by atoms with Crippen molar-refractivity contribution in [3.63, 3.8) is 0 Å². The van der Waals surface area contributed by atoms with Crippen LogP contribution in [0, 0.1) is 0 Å². The highest BCUT2D eigenvalue weighted by Gasteiger charge is 2.05. The van der Waals surface area contributed by atoms with Gasteiger partial charge in [-0.1, -0.05) is 11.8 Å². The summed E-state index contributed by atoms with van der Waals surface area (Å²) in [6.07, 6.45) is 0.126. The second kappa shape index (κ2) is 4.80. The van der Waals surface area contributed by atoms with Crippen molar-refractivity contribution in [1.29, 1.82) is 0 Å². The van der Waals surface area contributed by atoms with Gasteiger partial charge in [-0.3, -0.25) is 4.79 Å². The van der Waals surface area contributed by atoms with Gasteiger partial charge in [-0.25, -0.2) is 4.68 Å². The molecular weight excluding hydrogens is 192 g/mol. The van der Waals surface area contributed by atoms with E-state index in [0.717, 1.165) is 0 Å². The van der Waals surface area contributed by atoms with E-state index in [1.54, 1.807) is 4.68 Å². The minimum Gasteiger partial charge on any atom is -0.481 e. The summed E-state index contributed by atoms with van der Waals surface area (Å²) in [6.45, 7) is 2.63. The minimum atomic E-state index is -0.803. The van der Waals surface area contributed by atoms with Crippen LogP contribution in [-0.4, -0.2) is 37.0 Å². The predicted molar refractivity (Wildman–Crippen MR) is 46.5 cm³/mol. The van der Waals surface area contributed by atoms with Crippen molar-refractivity contribution in [3.8, 4) is 0 Å². The van der Waals surface area contributed by atoms with Gasteiger partial charge >= 0.3 is 5.97 Å². The average molecular weight is 202 g/mol. The molecule has 0 aliphatic rings. The third-order valence-corrected chi connectivity index (χ3v) is 2.30. The summed E-state index contributed by atoms with van der Waals surface area (Å²) in [4.78, 5) is 10.2. The molecule has 72 valence electrons. The normalized spacial score (nSPS) is 10.2. The van der Waals surface area contributed by atoms with E-state index >= 15 is 0 Å². The Balaban J connectivity index is 2.40. The molecule has 0 atom stereocenters. The van der Waals surface area contributed by atoms with E-state index in [4.69, 9.17) is 5.11 Å². The van der Waals surface area contributed by atoms with Crippen molar-refractivity contribution < 1.29 is 9.90 Å². The molecule has 0 aliphatic heterocycles. The summed E-state index contributed by atoms with van der Waals surface area (Å²) in [5, 5.41) is 20.0. The molecular formula is C6H10N4O2S. The molecule has 1 heterocycles. The highest BCUT2D eigenvalue weighted by Crippen LogP contribution is 2.13. The molecule has 13 heavy (non-hydrogen) atoms. The number of rotatable bonds is 5. The molecule has 0 aliphatic carbocycles. The third-order valence-electron chi connectivity index (χ3n) is 1.35. The molecule has 0 aromatic carbocycles. The first kappa shape index (κ1) is 9.97. The minimum absolute atomic E-state index is 0.126. The molecule has 6 nitrogen and oxygen atoms in total. The van der Waals surface area contributed by atoms with E-state index < -0.39 is 5.97 Å². The zero-order valence-electron chi connectivity index (χ0n) is 7.17. The van der Waals surface area contributed by atoms with Gasteiger partial charge in [0.25, 0.3) is 0 Å². The van der Waals surface area contributed by atoms with E-state index in [9.17, 15) is 4.79 Å². The summed E-state index contributed by atoms with van der Waals surface area (Å²) in [5.74, 6) is -0.307. The summed E-state index contributed by atoms with van der Waals surface area (Å²) in [6, 6.07) is 0. The first-order valence-electron chi connectivity index (χ1n) is 3.84. The quantitative estimate of drug-likeness (QED) is 0.690. The van der Waals surface area contributed by atoms with E-state index in [1.807, 2.05) is 6.92 Å². The highest BCUT2D eigenvalue weighted by molar-refractivity contribution is 7.99. The van der Waals surface area contributed by atoms with Crippen LogP contribution in [0.25, 0.3) is 0 Å². The van der Waals surface area contributed by atoms with Crippen LogP contribution in [0.15, 0.2) is 5.16 Å². The maximum Gasteiger partial charge on any atom is 0.304 e. The monoisotopic (exact) mass is 202 g/mol. The number of aliphatic carboxylic acids is 1. The fourth-order valence-corrected chi connectivity index (χ4v) is 1.60. The van der Waals surface area contributed by atoms with E-state index in [2.05, 4.69) is 15.5 Å². The Kier molecular flexibility index (Phi) is 3.69. The SMILES string of the molecule is CCn1nnnc1SCCC(=O)O. The van der Waals surface area contributed by atoms with Gasteiger partial charge in [0, 0.05) is 12.3 Å². The largest absolute Gasteiger partial charge is 0.481 e. The van der Waals surface area contributed by atoms with Crippen LogP contribution in [0.1, 0.15) is 13.3 Å². The summed E-state index contributed by atoms with van der Waals surface area (Å²) < 4.78 is 1.63. The maximum absolute atomic E-state index is 10.2. The molecule has 0 unspecified atom stereocenters. The molecule has 1 aromatic rings. The fraction of sp³-hybridized carbons (Fsp3) is 0.667. The Morgan fingerprint density at radius 2 is 2.46 bits per heavy atom. The van der Waals surface area contributed by atoms with Gasteiger partial charge in [-0.2, -0.15) is 0 Å². The van der Waals surface area contributed by atoms with Crippen molar-refractivity contribution in [3.05, 3.63) is 0 Å². The summed E-state index contributed by atoms with van der Waals surface area (Å²) >= 11 is 1.35. The van der Waals surface area contributed by atoms with Gasteiger partial charge in [0.05, 0.1) is 6.42 Å². The van der Waals surface area contributed by atoms with Gasteiger partial charge in [0.1, 0.15) is 0 Å². The van der Waals surface area contributed by atoms with E-state index in [0.29, 0.717) is 17.5 Å². The summed E-state index contributed by atoms with van der Waals surface area (Å²) in [7, 11) is 0. The van der Waals surface area contributed by atoms with Crippen LogP contribution >= 0.6 is 11.8 Å². The Bertz CT molecular complexity index is 288. The lowest BCUT2D eigenvalue weighted by atomic mass is 10.5. The van der Waals surface area contributed by atoms with Crippen molar-refractivity contribution >= 4 is 17.7 Å². The first-order valence-corrected chi connectivity index (χ1v) is 4.83. The van der Waals surface area contributed by atoms with Crippen LogP contribution in [0.3, 0.4) is 0 Å². The van der Waals surface area contributed by atoms with Crippen molar-refractivity contribution in [1.82, 2.24) is 20.2 Å². The van der Waals surface area contributed by atoms with Crippen LogP contribution in [0.2, 0.25) is 0 Å². The van der Waals surface area contributed by atoms with Gasteiger partial charge in [-0.05, 0) is 17.4 Å². The Hall–Kier alpha value is -1.11. The number of aromatic nitrogens is 4. The standard InChI is InChI=1S/C6H10N4O2S/c1-2-10-6(7-8-9-10)13-4-3-5(11)12/h2-4H2,1H3,(H,11,12). The van der Waals surface area contributed by atoms with Crippen LogP contribution < -0.4 is 0 Å². The van der Waals surface area contributed by atoms with Crippen molar-refractivity contribution in [2.45, 2.75) is 25.0 Å². The lowest BCUT2D eigenvalue weighted by Crippen LogP contribution is -2.01. The maximum atomic E-state index is 10.2. The molecule has 0 radical (unpaired) electrons. The smallest absolute Gasteiger partial charge is 0.304 e. The van der Waals surface area contributed by atoms with E-state index in [1.165, 1.54) is 11.8 Å². The third kappa shape index (κ3) is 3.02. The van der Waals surface area contributed by atoms with Gasteiger partial charge in [0.2, 0.25) is 5.16 Å². The topological polar surface area (TPSA) is 80.9 Å². The lowest BCUT2D eigenvalue weighted by Gasteiger charge is -1.98. The molecule has 0 amide bonds. The molecule has 0 saturated heterocycles. The van der Waals surface area contributed by atoms with Gasteiger partial charge < -0.3 is 5.11 Å². The fourth-order valence-electron chi connectivity index (χ4n) is 0.728. The zero-order chi connectivity index (χ0) is 9.68. The second-order valence-electron chi connectivity index (χ2n) is 2.27. The molecule has 0 bridgehead atoms. The van der Waals surface area contributed by atoms with Gasteiger partial charge in [-0.15, -0.1) is 5.10 Å². The summed E-state index contributed by atoms with van der Waals surface area (Å²) in [5.41, 5.74) is 0. The Labute approximate surface area is 79.3 Å². The molecule has 0 saturated carbocycles. The number of carbonyl (C=O) groups is 1. The predicted octanol–water partition coefficient (Wildman–Crippen LogP) is 0.260. The number of nitrogens with zero attached hydrogens (tertiary/aromatic N) is 4. The number of carboxylic acids is 1. The number of carboxylic acid groups (broad SMARTS) is 1. The number of hydrogen-bond donors (Lipinski definition) is 1.